The predicted octanol–water partition coefficient (Wildman–Crippen LogP) is 1.55. The molecule has 0 fully saturated rings. The highest BCUT2D eigenvalue weighted by Gasteiger charge is 2.44. The molecule has 0 saturated carbocycles. The van der Waals surface area contributed by atoms with Crippen LogP contribution in [0.4, 0.5) is 4.79 Å². The zero-order chi connectivity index (χ0) is 16.1. The Morgan fingerprint density at radius 1 is 1.15 bits per heavy atom. The third kappa shape index (κ3) is 5.46. The van der Waals surface area contributed by atoms with Crippen molar-refractivity contribution in [2.24, 2.45) is 5.41 Å². The third-order valence-corrected chi connectivity index (χ3v) is 2.43. The lowest BCUT2D eigenvalue weighted by atomic mass is 9.84. The molecule has 7 heteroatoms. The van der Waals surface area contributed by atoms with Gasteiger partial charge in [0.15, 0.2) is 0 Å². The highest BCUT2D eigenvalue weighted by Crippen LogP contribution is 2.23. The van der Waals surface area contributed by atoms with E-state index in [9.17, 15) is 19.5 Å². The van der Waals surface area contributed by atoms with Crippen LogP contribution in [0.2, 0.25) is 0 Å². The van der Waals surface area contributed by atoms with E-state index in [2.05, 4.69) is 5.32 Å². The van der Waals surface area contributed by atoms with E-state index in [-0.39, 0.29) is 6.61 Å². The molecule has 0 saturated heterocycles. The summed E-state index contributed by atoms with van der Waals surface area (Å²) in [5, 5.41) is 11.4. The summed E-state index contributed by atoms with van der Waals surface area (Å²) in [6.45, 7) is 9.48. The van der Waals surface area contributed by atoms with E-state index in [0.29, 0.717) is 0 Å². The molecule has 1 amide bonds. The maximum absolute atomic E-state index is 11.8. The van der Waals surface area contributed by atoms with Gasteiger partial charge in [-0.25, -0.2) is 9.59 Å². The van der Waals surface area contributed by atoms with Crippen LogP contribution in [-0.4, -0.2) is 41.4 Å². The van der Waals surface area contributed by atoms with Gasteiger partial charge in [0.2, 0.25) is 0 Å². The maximum Gasteiger partial charge on any atom is 0.408 e. The molecule has 0 aromatic rings. The summed E-state index contributed by atoms with van der Waals surface area (Å²) in [4.78, 5) is 34.7. The first-order valence-corrected chi connectivity index (χ1v) is 6.31. The fourth-order valence-electron chi connectivity index (χ4n) is 1.41. The number of alkyl carbamates (subject to hydrolysis) is 1. The molecule has 0 bridgehead atoms. The summed E-state index contributed by atoms with van der Waals surface area (Å²) < 4.78 is 9.81. The molecule has 0 aromatic carbocycles. The summed E-state index contributed by atoms with van der Waals surface area (Å²) in [5.41, 5.74) is -2.18. The standard InChI is InChI=1S/C13H23NO6/c1-7-19-10(17)13(5,6)8(9(15)16)14-11(18)20-12(2,3)4/h8H,7H2,1-6H3,(H,14,18)(H,15,16). The Bertz CT molecular complexity index is 383. The average molecular weight is 289 g/mol. The molecule has 20 heavy (non-hydrogen) atoms. The third-order valence-electron chi connectivity index (χ3n) is 2.43. The van der Waals surface area contributed by atoms with Crippen LogP contribution in [0, 0.1) is 5.41 Å². The van der Waals surface area contributed by atoms with E-state index in [1.54, 1.807) is 27.7 Å². The number of nitrogens with one attached hydrogen (secondary N) is 1. The molecule has 0 heterocycles. The van der Waals surface area contributed by atoms with E-state index in [1.165, 1.54) is 13.8 Å². The second-order valence-corrected chi connectivity index (χ2v) is 5.86. The van der Waals surface area contributed by atoms with Gasteiger partial charge >= 0.3 is 18.0 Å². The van der Waals surface area contributed by atoms with Crippen LogP contribution in [-0.2, 0) is 19.1 Å². The van der Waals surface area contributed by atoms with Gasteiger partial charge < -0.3 is 19.9 Å². The first kappa shape index (κ1) is 18.2. The Hall–Kier alpha value is -1.79. The van der Waals surface area contributed by atoms with Crippen molar-refractivity contribution in [2.45, 2.75) is 53.2 Å². The number of ether oxygens (including phenoxy) is 2. The Kier molecular flexibility index (Phi) is 5.99. The molecule has 0 rings (SSSR count). The van der Waals surface area contributed by atoms with Crippen molar-refractivity contribution in [1.29, 1.82) is 0 Å². The van der Waals surface area contributed by atoms with Crippen LogP contribution in [0.5, 0.6) is 0 Å². The van der Waals surface area contributed by atoms with E-state index < -0.39 is 35.1 Å². The molecule has 116 valence electrons. The number of carbonyl (C=O) groups excluding carboxylic acids is 2. The van der Waals surface area contributed by atoms with Crippen molar-refractivity contribution in [3.8, 4) is 0 Å². The van der Waals surface area contributed by atoms with Crippen molar-refractivity contribution < 1.29 is 29.0 Å². The number of esters is 1. The quantitative estimate of drug-likeness (QED) is 0.744. The molecule has 0 radical (unpaired) electrons. The topological polar surface area (TPSA) is 102 Å². The SMILES string of the molecule is CCOC(=O)C(C)(C)C(NC(=O)OC(C)(C)C)C(=O)O. The van der Waals surface area contributed by atoms with Gasteiger partial charge in [-0.15, -0.1) is 0 Å². The zero-order valence-corrected chi connectivity index (χ0v) is 12.8. The normalized spacial score (nSPS) is 13.3. The molecule has 2 N–H and O–H groups in total. The lowest BCUT2D eigenvalue weighted by Crippen LogP contribution is -2.54. The molecule has 0 spiro atoms. The maximum atomic E-state index is 11.8. The summed E-state index contributed by atoms with van der Waals surface area (Å²) >= 11 is 0. The zero-order valence-electron chi connectivity index (χ0n) is 12.8. The lowest BCUT2D eigenvalue weighted by molar-refractivity contribution is -0.161. The van der Waals surface area contributed by atoms with Crippen molar-refractivity contribution in [3.05, 3.63) is 0 Å². The Labute approximate surface area is 118 Å². The number of carbonyl (C=O) groups is 3. The van der Waals surface area contributed by atoms with Crippen molar-refractivity contribution >= 4 is 18.0 Å². The Balaban J connectivity index is 5.03. The molecule has 0 aromatic heterocycles. The molecule has 7 nitrogen and oxygen atoms in total. The number of hydrogen-bond acceptors (Lipinski definition) is 5. The summed E-state index contributed by atoms with van der Waals surface area (Å²) in [5.74, 6) is -2.04. The average Bonchev–Trinajstić information content (AvgIpc) is 2.23. The van der Waals surface area contributed by atoms with Crippen LogP contribution in [0.3, 0.4) is 0 Å². The number of rotatable bonds is 5. The molecule has 1 atom stereocenters. The molecular formula is C13H23NO6. The van der Waals surface area contributed by atoms with Crippen molar-refractivity contribution in [1.82, 2.24) is 5.32 Å². The van der Waals surface area contributed by atoms with Gasteiger partial charge in [-0.3, -0.25) is 4.79 Å². The van der Waals surface area contributed by atoms with E-state index >= 15 is 0 Å². The Morgan fingerprint density at radius 2 is 1.65 bits per heavy atom. The van der Waals surface area contributed by atoms with Crippen LogP contribution in [0.15, 0.2) is 0 Å². The smallest absolute Gasteiger partial charge is 0.408 e. The molecule has 1 unspecified atom stereocenters. The second-order valence-electron chi connectivity index (χ2n) is 5.86. The number of carboxylic acids is 1. The first-order chi connectivity index (χ1) is 8.91. The minimum atomic E-state index is -1.45. The molecule has 0 aliphatic carbocycles. The van der Waals surface area contributed by atoms with Gasteiger partial charge in [-0.2, -0.15) is 0 Å². The van der Waals surface area contributed by atoms with Crippen molar-refractivity contribution in [2.75, 3.05) is 6.61 Å². The van der Waals surface area contributed by atoms with Crippen LogP contribution >= 0.6 is 0 Å². The van der Waals surface area contributed by atoms with Gasteiger partial charge in [0.1, 0.15) is 11.6 Å². The van der Waals surface area contributed by atoms with Crippen LogP contribution in [0.25, 0.3) is 0 Å². The fourth-order valence-corrected chi connectivity index (χ4v) is 1.41. The number of aliphatic carboxylic acids is 1. The van der Waals surface area contributed by atoms with E-state index in [4.69, 9.17) is 9.47 Å². The van der Waals surface area contributed by atoms with Crippen molar-refractivity contribution in [3.63, 3.8) is 0 Å². The molecule has 0 aliphatic heterocycles. The number of amides is 1. The van der Waals surface area contributed by atoms with E-state index in [0.717, 1.165) is 0 Å². The minimum Gasteiger partial charge on any atom is -0.480 e. The van der Waals surface area contributed by atoms with Gasteiger partial charge in [0.25, 0.3) is 0 Å². The highest BCUT2D eigenvalue weighted by molar-refractivity contribution is 5.89. The largest absolute Gasteiger partial charge is 0.480 e. The van der Waals surface area contributed by atoms with Crippen LogP contribution in [0.1, 0.15) is 41.5 Å². The van der Waals surface area contributed by atoms with Gasteiger partial charge in [-0.05, 0) is 41.5 Å². The van der Waals surface area contributed by atoms with Gasteiger partial charge in [0, 0.05) is 0 Å². The predicted molar refractivity (Wildman–Crippen MR) is 71.2 cm³/mol. The molecule has 0 aliphatic rings. The monoisotopic (exact) mass is 289 g/mol. The number of carboxylic acid groups (broad SMARTS) is 1. The fraction of sp³-hybridized carbons (Fsp3) is 0.769. The lowest BCUT2D eigenvalue weighted by Gasteiger charge is -2.30. The summed E-state index contributed by atoms with van der Waals surface area (Å²) in [6.07, 6.45) is -0.901. The summed E-state index contributed by atoms with van der Waals surface area (Å²) in [7, 11) is 0. The minimum absolute atomic E-state index is 0.126. The van der Waals surface area contributed by atoms with Gasteiger partial charge in [0.05, 0.1) is 12.0 Å². The highest BCUT2D eigenvalue weighted by atomic mass is 16.6. The first-order valence-electron chi connectivity index (χ1n) is 6.31. The summed E-state index contributed by atoms with van der Waals surface area (Å²) in [6, 6.07) is -1.45. The molecular weight excluding hydrogens is 266 g/mol. The van der Waals surface area contributed by atoms with Crippen LogP contribution < -0.4 is 5.32 Å². The number of hydrogen-bond donors (Lipinski definition) is 2. The van der Waals surface area contributed by atoms with E-state index in [1.807, 2.05) is 0 Å². The van der Waals surface area contributed by atoms with Gasteiger partial charge in [-0.1, -0.05) is 0 Å². The second kappa shape index (κ2) is 6.58. The Morgan fingerprint density at radius 3 is 2.00 bits per heavy atom.